The molecule has 2 N–H and O–H groups in total. The van der Waals surface area contributed by atoms with E-state index in [4.69, 9.17) is 5.11 Å². The molecule has 0 aliphatic carbocycles. The number of aliphatic carboxylic acids is 1. The van der Waals surface area contributed by atoms with E-state index in [0.717, 1.165) is 44.3 Å². The molecule has 1 aromatic heterocycles. The van der Waals surface area contributed by atoms with Crippen LogP contribution >= 0.6 is 0 Å². The lowest BCUT2D eigenvalue weighted by Gasteiger charge is -2.07. The molecule has 0 aliphatic rings. The standard InChI is InChI=1S/C17H22N2O2/c20-16(21)9-2-1-3-11-18-13-10-15-7-4-6-14-8-5-12-19-17(14)15/h4-8,12,18H,1-3,9-11,13H2,(H,20,21). The Balaban J connectivity index is 1.67. The molecule has 4 heteroatoms. The van der Waals surface area contributed by atoms with Gasteiger partial charge in [-0.2, -0.15) is 0 Å². The number of hydrogen-bond acceptors (Lipinski definition) is 3. The summed E-state index contributed by atoms with van der Waals surface area (Å²) in [5.74, 6) is -0.702. The van der Waals surface area contributed by atoms with Crippen LogP contribution in [0.2, 0.25) is 0 Å². The molecular formula is C17H22N2O2. The highest BCUT2D eigenvalue weighted by Crippen LogP contribution is 2.15. The van der Waals surface area contributed by atoms with E-state index >= 15 is 0 Å². The monoisotopic (exact) mass is 286 g/mol. The van der Waals surface area contributed by atoms with Crippen LogP contribution in [-0.4, -0.2) is 29.1 Å². The fraction of sp³-hybridized carbons (Fsp3) is 0.412. The molecule has 21 heavy (non-hydrogen) atoms. The zero-order chi connectivity index (χ0) is 14.9. The molecule has 0 unspecified atom stereocenters. The number of para-hydroxylation sites is 1. The summed E-state index contributed by atoms with van der Waals surface area (Å²) in [7, 11) is 0. The summed E-state index contributed by atoms with van der Waals surface area (Å²) in [6, 6.07) is 10.3. The van der Waals surface area contributed by atoms with E-state index in [1.54, 1.807) is 0 Å². The SMILES string of the molecule is O=C(O)CCCCCNCCc1cccc2cccnc12. The number of rotatable bonds is 9. The first-order valence-electron chi connectivity index (χ1n) is 7.52. The van der Waals surface area contributed by atoms with Crippen molar-refractivity contribution >= 4 is 16.9 Å². The number of nitrogens with one attached hydrogen (secondary N) is 1. The van der Waals surface area contributed by atoms with Gasteiger partial charge in [0.15, 0.2) is 0 Å². The van der Waals surface area contributed by atoms with Crippen molar-refractivity contribution < 1.29 is 9.90 Å². The molecule has 0 bridgehead atoms. The molecule has 0 amide bonds. The van der Waals surface area contributed by atoms with Gasteiger partial charge in [-0.05, 0) is 44.0 Å². The fourth-order valence-electron chi connectivity index (χ4n) is 2.42. The normalized spacial score (nSPS) is 10.9. The number of carbonyl (C=O) groups is 1. The lowest BCUT2D eigenvalue weighted by atomic mass is 10.1. The summed E-state index contributed by atoms with van der Waals surface area (Å²) < 4.78 is 0. The van der Waals surface area contributed by atoms with Crippen LogP contribution in [0.1, 0.15) is 31.2 Å². The summed E-state index contributed by atoms with van der Waals surface area (Å²) in [6.45, 7) is 1.87. The highest BCUT2D eigenvalue weighted by Gasteiger charge is 2.01. The van der Waals surface area contributed by atoms with E-state index in [0.29, 0.717) is 0 Å². The molecule has 112 valence electrons. The van der Waals surface area contributed by atoms with Gasteiger partial charge in [0.2, 0.25) is 0 Å². The summed E-state index contributed by atoms with van der Waals surface area (Å²) in [5.41, 5.74) is 2.36. The lowest BCUT2D eigenvalue weighted by molar-refractivity contribution is -0.137. The van der Waals surface area contributed by atoms with Gasteiger partial charge in [0.1, 0.15) is 0 Å². The van der Waals surface area contributed by atoms with Gasteiger partial charge < -0.3 is 10.4 Å². The van der Waals surface area contributed by atoms with Crippen LogP contribution in [-0.2, 0) is 11.2 Å². The Morgan fingerprint density at radius 1 is 1.10 bits per heavy atom. The largest absolute Gasteiger partial charge is 0.481 e. The summed E-state index contributed by atoms with van der Waals surface area (Å²) >= 11 is 0. The Hall–Kier alpha value is -1.94. The van der Waals surface area contributed by atoms with Gasteiger partial charge in [0, 0.05) is 18.0 Å². The van der Waals surface area contributed by atoms with E-state index in [2.05, 4.69) is 34.6 Å². The predicted octanol–water partition coefficient (Wildman–Crippen LogP) is 3.01. The molecule has 0 atom stereocenters. The highest BCUT2D eigenvalue weighted by molar-refractivity contribution is 5.81. The number of fused-ring (bicyclic) bond motifs is 1. The van der Waals surface area contributed by atoms with Crippen LogP contribution in [0, 0.1) is 0 Å². The zero-order valence-electron chi connectivity index (χ0n) is 12.2. The van der Waals surface area contributed by atoms with Crippen LogP contribution in [0.3, 0.4) is 0 Å². The van der Waals surface area contributed by atoms with Crippen LogP contribution in [0.15, 0.2) is 36.5 Å². The molecule has 0 radical (unpaired) electrons. The maximum absolute atomic E-state index is 10.4. The van der Waals surface area contributed by atoms with E-state index in [1.165, 1.54) is 10.9 Å². The molecule has 1 heterocycles. The van der Waals surface area contributed by atoms with Crippen LogP contribution in [0.5, 0.6) is 0 Å². The van der Waals surface area contributed by atoms with Gasteiger partial charge in [-0.3, -0.25) is 9.78 Å². The van der Waals surface area contributed by atoms with E-state index in [-0.39, 0.29) is 6.42 Å². The van der Waals surface area contributed by atoms with Gasteiger partial charge in [0.05, 0.1) is 5.52 Å². The molecule has 2 rings (SSSR count). The number of benzene rings is 1. The minimum absolute atomic E-state index is 0.279. The van der Waals surface area contributed by atoms with E-state index in [9.17, 15) is 4.79 Å². The summed E-state index contributed by atoms with van der Waals surface area (Å²) in [5, 5.41) is 13.1. The molecule has 4 nitrogen and oxygen atoms in total. The van der Waals surface area contributed by atoms with Crippen molar-refractivity contribution in [3.8, 4) is 0 Å². The highest BCUT2D eigenvalue weighted by atomic mass is 16.4. The van der Waals surface area contributed by atoms with E-state index < -0.39 is 5.97 Å². The molecule has 2 aromatic rings. The topological polar surface area (TPSA) is 62.2 Å². The number of carboxylic acid groups (broad SMARTS) is 1. The van der Waals surface area contributed by atoms with Crippen LogP contribution in [0.25, 0.3) is 10.9 Å². The third-order valence-corrected chi connectivity index (χ3v) is 3.53. The second-order valence-electron chi connectivity index (χ2n) is 5.20. The second kappa shape index (κ2) is 8.37. The number of aromatic nitrogens is 1. The first kappa shape index (κ1) is 15.4. The van der Waals surface area contributed by atoms with Crippen molar-refractivity contribution in [3.63, 3.8) is 0 Å². The van der Waals surface area contributed by atoms with Gasteiger partial charge in [-0.1, -0.05) is 30.7 Å². The lowest BCUT2D eigenvalue weighted by Crippen LogP contribution is -2.18. The van der Waals surface area contributed by atoms with Crippen molar-refractivity contribution in [1.82, 2.24) is 10.3 Å². The van der Waals surface area contributed by atoms with Gasteiger partial charge in [-0.15, -0.1) is 0 Å². The molecule has 1 aromatic carbocycles. The molecule has 0 spiro atoms. The van der Waals surface area contributed by atoms with Crippen molar-refractivity contribution in [2.75, 3.05) is 13.1 Å². The zero-order valence-corrected chi connectivity index (χ0v) is 12.2. The van der Waals surface area contributed by atoms with Gasteiger partial charge in [-0.25, -0.2) is 0 Å². The fourth-order valence-corrected chi connectivity index (χ4v) is 2.42. The average Bonchev–Trinajstić information content (AvgIpc) is 2.50. The maximum atomic E-state index is 10.4. The smallest absolute Gasteiger partial charge is 0.303 e. The van der Waals surface area contributed by atoms with E-state index in [1.807, 2.05) is 12.3 Å². The minimum Gasteiger partial charge on any atom is -0.481 e. The van der Waals surface area contributed by atoms with Crippen LogP contribution in [0.4, 0.5) is 0 Å². The molecule has 0 aliphatic heterocycles. The van der Waals surface area contributed by atoms with Crippen LogP contribution < -0.4 is 5.32 Å². The Morgan fingerprint density at radius 2 is 1.95 bits per heavy atom. The first-order valence-corrected chi connectivity index (χ1v) is 7.52. The Kier molecular flexibility index (Phi) is 6.16. The van der Waals surface area contributed by atoms with Crippen molar-refractivity contribution in [2.45, 2.75) is 32.1 Å². The quantitative estimate of drug-likeness (QED) is 0.696. The third-order valence-electron chi connectivity index (χ3n) is 3.53. The molecular weight excluding hydrogens is 264 g/mol. The molecule has 0 fully saturated rings. The minimum atomic E-state index is -0.702. The number of pyridine rings is 1. The first-order chi connectivity index (χ1) is 10.3. The third kappa shape index (κ3) is 5.16. The predicted molar refractivity (Wildman–Crippen MR) is 84.4 cm³/mol. The molecule has 0 saturated heterocycles. The van der Waals surface area contributed by atoms with Crippen molar-refractivity contribution in [2.24, 2.45) is 0 Å². The number of carboxylic acids is 1. The second-order valence-corrected chi connectivity index (χ2v) is 5.20. The Bertz CT molecular complexity index is 579. The number of hydrogen-bond donors (Lipinski definition) is 2. The van der Waals surface area contributed by atoms with Crippen molar-refractivity contribution in [1.29, 1.82) is 0 Å². The van der Waals surface area contributed by atoms with Gasteiger partial charge >= 0.3 is 5.97 Å². The maximum Gasteiger partial charge on any atom is 0.303 e. The summed E-state index contributed by atoms with van der Waals surface area (Å²) in [6.07, 6.45) is 5.84. The Labute approximate surface area is 125 Å². The number of nitrogens with zero attached hydrogens (tertiary/aromatic N) is 1. The Morgan fingerprint density at radius 3 is 2.81 bits per heavy atom. The van der Waals surface area contributed by atoms with Gasteiger partial charge in [0.25, 0.3) is 0 Å². The summed E-state index contributed by atoms with van der Waals surface area (Å²) in [4.78, 5) is 14.8. The number of unbranched alkanes of at least 4 members (excludes halogenated alkanes) is 2. The molecule has 0 saturated carbocycles. The average molecular weight is 286 g/mol. The van der Waals surface area contributed by atoms with Crippen molar-refractivity contribution in [3.05, 3.63) is 42.1 Å².